The van der Waals surface area contributed by atoms with Gasteiger partial charge < -0.3 is 24.3 Å². The van der Waals surface area contributed by atoms with Crippen molar-refractivity contribution in [3.63, 3.8) is 0 Å². The molecule has 0 saturated heterocycles. The summed E-state index contributed by atoms with van der Waals surface area (Å²) in [6, 6.07) is 0. The monoisotopic (exact) mass is 549 g/mol. The van der Waals surface area contributed by atoms with Crippen molar-refractivity contribution in [3.8, 4) is 5.75 Å². The van der Waals surface area contributed by atoms with Crippen molar-refractivity contribution in [2.45, 2.75) is 39.5 Å². The first-order chi connectivity index (χ1) is 12.7. The maximum absolute atomic E-state index is 12.3. The number of nitrogens with one attached hydrogen (secondary N) is 1. The summed E-state index contributed by atoms with van der Waals surface area (Å²) in [6.45, 7) is 7.12. The zero-order chi connectivity index (χ0) is 19.7. The summed E-state index contributed by atoms with van der Waals surface area (Å²) in [4.78, 5) is 32.6. The normalized spacial score (nSPS) is 13.2. The Labute approximate surface area is 174 Å². The van der Waals surface area contributed by atoms with Crippen LogP contribution in [0.15, 0.2) is 0 Å². The van der Waals surface area contributed by atoms with E-state index in [1.54, 1.807) is 0 Å². The Bertz CT molecular complexity index is 607. The predicted molar refractivity (Wildman–Crippen MR) is 98.2 cm³/mol. The number of fused-ring (bicyclic) bond motifs is 3. The number of benzene rings is 1. The Balaban J connectivity index is 0.00000127. The second-order valence-electron chi connectivity index (χ2n) is 5.38. The summed E-state index contributed by atoms with van der Waals surface area (Å²) < 4.78 is 15.5. The molecule has 2 aliphatic rings. The Morgan fingerprint density at radius 2 is 1.48 bits per heavy atom. The number of carbonyl (C=O) groups is 3. The average Bonchev–Trinajstić information content (AvgIpc) is 2.74. The summed E-state index contributed by atoms with van der Waals surface area (Å²) in [5.74, 6) is -0.677. The van der Waals surface area contributed by atoms with E-state index in [1.807, 2.05) is 20.6 Å². The van der Waals surface area contributed by atoms with E-state index in [1.165, 1.54) is 14.2 Å². The van der Waals surface area contributed by atoms with E-state index in [9.17, 15) is 9.59 Å². The molecule has 3 rings (SSSR count). The summed E-state index contributed by atoms with van der Waals surface area (Å²) in [7, 11) is 2.61. The number of methoxy groups -OCH3 is 2. The number of rotatable bonds is 2. The maximum atomic E-state index is 12.3. The molecule has 0 amide bonds. The van der Waals surface area contributed by atoms with Crippen LogP contribution in [0.4, 0.5) is 5.69 Å². The number of hydrogen-bond donors (Lipinski definition) is 1. The van der Waals surface area contributed by atoms with Crippen LogP contribution in [0.3, 0.4) is 0 Å². The molecule has 0 radical (unpaired) electrons. The molecule has 150 valence electrons. The minimum Gasteiger partial charge on any atom is -0.489 e. The van der Waals surface area contributed by atoms with Crippen LogP contribution in [-0.4, -0.2) is 46.1 Å². The summed E-state index contributed by atoms with van der Waals surface area (Å²) in [5, 5.41) is 3.31. The van der Waals surface area contributed by atoms with Crippen molar-refractivity contribution in [3.05, 3.63) is 22.3 Å². The van der Waals surface area contributed by atoms with Gasteiger partial charge in [0.05, 0.1) is 25.5 Å². The van der Waals surface area contributed by atoms with Crippen LogP contribution in [0.2, 0.25) is 0 Å². The Kier molecular flexibility index (Phi) is 11.6. The molecule has 0 unspecified atom stereocenters. The summed E-state index contributed by atoms with van der Waals surface area (Å²) >= 11 is 0. The fourth-order valence-corrected chi connectivity index (χ4v) is 3.27. The number of ether oxygens (including phenoxy) is 3. The van der Waals surface area contributed by atoms with Crippen LogP contribution in [0.25, 0.3) is 0 Å². The van der Waals surface area contributed by atoms with Crippen molar-refractivity contribution >= 4 is 24.4 Å². The Hall–Kier alpha value is -1.88. The van der Waals surface area contributed by atoms with Crippen LogP contribution in [-0.2, 0) is 48.2 Å². The molecular formula is C19H27NO6W. The van der Waals surface area contributed by atoms with Gasteiger partial charge in [0, 0.05) is 27.6 Å². The minimum absolute atomic E-state index is 0. The fraction of sp³-hybridized carbons (Fsp3) is 0.526. The third-order valence-electron chi connectivity index (χ3n) is 4.20. The van der Waals surface area contributed by atoms with Gasteiger partial charge in [-0.15, -0.1) is 0 Å². The molecule has 0 saturated carbocycles. The van der Waals surface area contributed by atoms with Gasteiger partial charge in [0.1, 0.15) is 19.0 Å². The van der Waals surface area contributed by atoms with Crippen molar-refractivity contribution in [1.82, 2.24) is 0 Å². The standard InChI is InChI=1S/C16H19NO5.C2H6.CH2O.W/c1-20-15(18)11-9-5-3-4-6-10(9)13-14(22-8-7-17-13)12(11)16(19)21-2;2*1-2;/h17H,3-8H2,1-2H3;1-2H3;1H2;. The Morgan fingerprint density at radius 1 is 0.963 bits per heavy atom. The van der Waals surface area contributed by atoms with E-state index in [4.69, 9.17) is 19.0 Å². The van der Waals surface area contributed by atoms with Gasteiger partial charge >= 0.3 is 11.9 Å². The molecule has 1 aliphatic heterocycles. The second-order valence-corrected chi connectivity index (χ2v) is 5.38. The van der Waals surface area contributed by atoms with Gasteiger partial charge in [-0.05, 0) is 36.8 Å². The largest absolute Gasteiger partial charge is 0.489 e. The molecule has 27 heavy (non-hydrogen) atoms. The topological polar surface area (TPSA) is 90.9 Å². The van der Waals surface area contributed by atoms with Crippen LogP contribution >= 0.6 is 0 Å². The first-order valence-corrected chi connectivity index (χ1v) is 8.73. The van der Waals surface area contributed by atoms with E-state index in [0.29, 0.717) is 24.5 Å². The number of esters is 2. The molecule has 1 N–H and O–H groups in total. The molecule has 1 aromatic carbocycles. The zero-order valence-corrected chi connectivity index (χ0v) is 19.2. The van der Waals surface area contributed by atoms with Crippen LogP contribution in [0, 0.1) is 0 Å². The quantitative estimate of drug-likeness (QED) is 0.568. The molecule has 0 aromatic heterocycles. The van der Waals surface area contributed by atoms with Crippen molar-refractivity contribution in [2.75, 3.05) is 32.7 Å². The SMILES string of the molecule is C=O.CC.COC(=O)c1c2c(c3c(c1C(=O)OC)OCCN3)CCCC2.[W]. The number of anilines is 1. The minimum atomic E-state index is -0.575. The maximum Gasteiger partial charge on any atom is 0.342 e. The summed E-state index contributed by atoms with van der Waals surface area (Å²) in [6.07, 6.45) is 3.65. The van der Waals surface area contributed by atoms with Crippen molar-refractivity contribution in [1.29, 1.82) is 0 Å². The number of hydrogen-bond acceptors (Lipinski definition) is 7. The molecule has 1 heterocycles. The van der Waals surface area contributed by atoms with Crippen LogP contribution in [0.5, 0.6) is 5.75 Å². The van der Waals surface area contributed by atoms with E-state index in [-0.39, 0.29) is 26.6 Å². The van der Waals surface area contributed by atoms with Crippen LogP contribution < -0.4 is 10.1 Å². The van der Waals surface area contributed by atoms with Gasteiger partial charge in [0.15, 0.2) is 5.75 Å². The van der Waals surface area contributed by atoms with Gasteiger partial charge in [-0.1, -0.05) is 13.8 Å². The van der Waals surface area contributed by atoms with Gasteiger partial charge in [-0.25, -0.2) is 9.59 Å². The molecule has 0 bridgehead atoms. The smallest absolute Gasteiger partial charge is 0.342 e. The number of carbonyl (C=O) groups excluding carboxylic acids is 3. The van der Waals surface area contributed by atoms with Crippen LogP contribution in [0.1, 0.15) is 58.5 Å². The van der Waals surface area contributed by atoms with E-state index in [2.05, 4.69) is 5.32 Å². The van der Waals surface area contributed by atoms with E-state index in [0.717, 1.165) is 42.5 Å². The molecule has 7 nitrogen and oxygen atoms in total. The summed E-state index contributed by atoms with van der Waals surface area (Å²) in [5.41, 5.74) is 3.25. The molecule has 1 aromatic rings. The van der Waals surface area contributed by atoms with Crippen molar-refractivity contribution < 1.29 is 49.7 Å². The molecule has 8 heteroatoms. The average molecular weight is 549 g/mol. The zero-order valence-electron chi connectivity index (χ0n) is 16.3. The van der Waals surface area contributed by atoms with Gasteiger partial charge in [-0.3, -0.25) is 0 Å². The molecule has 0 fully saturated rings. The Morgan fingerprint density at radius 3 is 2.04 bits per heavy atom. The first-order valence-electron chi connectivity index (χ1n) is 8.73. The van der Waals surface area contributed by atoms with Gasteiger partial charge in [0.25, 0.3) is 0 Å². The molecular weight excluding hydrogens is 522 g/mol. The van der Waals surface area contributed by atoms with E-state index < -0.39 is 11.9 Å². The third-order valence-corrected chi connectivity index (χ3v) is 4.20. The molecule has 0 atom stereocenters. The predicted octanol–water partition coefficient (Wildman–Crippen LogP) is 2.78. The van der Waals surface area contributed by atoms with Crippen molar-refractivity contribution in [2.24, 2.45) is 0 Å². The second kappa shape index (κ2) is 12.5. The fourth-order valence-electron chi connectivity index (χ4n) is 3.27. The third kappa shape index (κ3) is 5.10. The van der Waals surface area contributed by atoms with Gasteiger partial charge in [-0.2, -0.15) is 0 Å². The first kappa shape index (κ1) is 25.1. The van der Waals surface area contributed by atoms with Gasteiger partial charge in [0.2, 0.25) is 0 Å². The molecule has 0 spiro atoms. The van der Waals surface area contributed by atoms with E-state index >= 15 is 0 Å². The molecule has 1 aliphatic carbocycles.